The molecule has 1 aromatic carbocycles. The van der Waals surface area contributed by atoms with Crippen LogP contribution in [0.25, 0.3) is 0 Å². The molecule has 0 saturated carbocycles. The topological polar surface area (TPSA) is 0 Å². The second-order valence-corrected chi connectivity index (χ2v) is 3.09. The molecule has 0 spiro atoms. The first-order valence-corrected chi connectivity index (χ1v) is 3.97. The highest BCUT2D eigenvalue weighted by Gasteiger charge is 2.05. The third-order valence-corrected chi connectivity index (χ3v) is 2.34. The summed E-state index contributed by atoms with van der Waals surface area (Å²) in [6.07, 6.45) is 2.61. The van der Waals surface area contributed by atoms with E-state index in [1.807, 2.05) is 0 Å². The van der Waals surface area contributed by atoms with Crippen LogP contribution < -0.4 is 0 Å². The zero-order chi connectivity index (χ0) is 8.43. The Morgan fingerprint density at radius 3 is 2.09 bits per heavy atom. The summed E-state index contributed by atoms with van der Waals surface area (Å²) in [5, 5.41) is 1.37. The van der Waals surface area contributed by atoms with Crippen LogP contribution in [0.4, 0.5) is 0 Å². The van der Waals surface area contributed by atoms with Gasteiger partial charge in [0, 0.05) is 10.6 Å². The molecule has 3 heteroatoms. The smallest absolute Gasteiger partial charge is 0.0685 e. The molecule has 1 radical (unpaired) electrons. The summed E-state index contributed by atoms with van der Waals surface area (Å²) in [7, 11) is 0. The van der Waals surface area contributed by atoms with Crippen molar-refractivity contribution in [3.8, 4) is 0 Å². The van der Waals surface area contributed by atoms with Crippen molar-refractivity contribution in [2.45, 2.75) is 0 Å². The van der Waals surface area contributed by atoms with Crippen LogP contribution in [0.3, 0.4) is 0 Å². The van der Waals surface area contributed by atoms with Crippen molar-refractivity contribution in [1.82, 2.24) is 0 Å². The van der Waals surface area contributed by atoms with Gasteiger partial charge < -0.3 is 0 Å². The lowest BCUT2D eigenvalue weighted by molar-refractivity contribution is 1.58. The quantitative estimate of drug-likeness (QED) is 0.610. The van der Waals surface area contributed by atoms with Crippen LogP contribution in [-0.4, -0.2) is 0 Å². The van der Waals surface area contributed by atoms with E-state index in [9.17, 15) is 0 Å². The zero-order valence-electron chi connectivity index (χ0n) is 5.50. The van der Waals surface area contributed by atoms with Crippen LogP contribution in [-0.2, 0) is 0 Å². The van der Waals surface area contributed by atoms with Crippen LogP contribution in [0.15, 0.2) is 18.7 Å². The van der Waals surface area contributed by atoms with Gasteiger partial charge in [0.2, 0.25) is 0 Å². The summed E-state index contributed by atoms with van der Waals surface area (Å²) in [4.78, 5) is 0. The first kappa shape index (κ1) is 8.92. The van der Waals surface area contributed by atoms with Crippen LogP contribution in [0, 0.1) is 6.08 Å². The molecule has 0 aliphatic heterocycles. The van der Waals surface area contributed by atoms with Crippen molar-refractivity contribution >= 4 is 34.8 Å². The van der Waals surface area contributed by atoms with Gasteiger partial charge in [-0.25, -0.2) is 0 Å². The van der Waals surface area contributed by atoms with Crippen molar-refractivity contribution in [1.29, 1.82) is 0 Å². The van der Waals surface area contributed by atoms with Crippen LogP contribution in [0.2, 0.25) is 15.1 Å². The van der Waals surface area contributed by atoms with Crippen molar-refractivity contribution in [2.24, 2.45) is 0 Å². The SMILES string of the molecule is C=[C]c1c(Cl)ccc(Cl)c1Cl. The van der Waals surface area contributed by atoms with Crippen LogP contribution >= 0.6 is 34.8 Å². The highest BCUT2D eigenvalue weighted by atomic mass is 35.5. The largest absolute Gasteiger partial charge is 0.0904 e. The highest BCUT2D eigenvalue weighted by Crippen LogP contribution is 2.30. The highest BCUT2D eigenvalue weighted by molar-refractivity contribution is 6.44. The van der Waals surface area contributed by atoms with Crippen LogP contribution in [0.5, 0.6) is 0 Å². The molecule has 57 valence electrons. The van der Waals surface area contributed by atoms with E-state index < -0.39 is 0 Å². The third kappa shape index (κ3) is 1.70. The molecule has 0 amide bonds. The van der Waals surface area contributed by atoms with Crippen molar-refractivity contribution < 1.29 is 0 Å². The summed E-state index contributed by atoms with van der Waals surface area (Å²) < 4.78 is 0. The first-order valence-electron chi connectivity index (χ1n) is 2.83. The Bertz CT molecular complexity index is 292. The fourth-order valence-electron chi connectivity index (χ4n) is 0.689. The Balaban J connectivity index is 3.40. The van der Waals surface area contributed by atoms with Gasteiger partial charge in [-0.05, 0) is 18.2 Å². The summed E-state index contributed by atoms with van der Waals surface area (Å²) in [5.74, 6) is 0. The minimum atomic E-state index is 0.397. The molecule has 0 aliphatic rings. The molecule has 0 bridgehead atoms. The molecule has 0 saturated heterocycles. The van der Waals surface area contributed by atoms with Crippen molar-refractivity contribution in [3.05, 3.63) is 45.4 Å². The Morgan fingerprint density at radius 2 is 1.64 bits per heavy atom. The van der Waals surface area contributed by atoms with E-state index in [0.717, 1.165) is 0 Å². The van der Waals surface area contributed by atoms with E-state index in [1.165, 1.54) is 0 Å². The van der Waals surface area contributed by atoms with Gasteiger partial charge in [-0.2, -0.15) is 0 Å². The monoisotopic (exact) mass is 205 g/mol. The van der Waals surface area contributed by atoms with Crippen molar-refractivity contribution in [3.63, 3.8) is 0 Å². The average Bonchev–Trinajstić information content (AvgIpc) is 1.99. The van der Waals surface area contributed by atoms with E-state index >= 15 is 0 Å². The summed E-state index contributed by atoms with van der Waals surface area (Å²) in [6, 6.07) is 3.29. The fourth-order valence-corrected chi connectivity index (χ4v) is 1.35. The maximum Gasteiger partial charge on any atom is 0.0685 e. The number of halogens is 3. The summed E-state index contributed by atoms with van der Waals surface area (Å²) >= 11 is 17.2. The molecule has 0 unspecified atom stereocenters. The Morgan fingerprint density at radius 1 is 1.09 bits per heavy atom. The first-order chi connectivity index (χ1) is 5.16. The van der Waals surface area contributed by atoms with E-state index in [4.69, 9.17) is 34.8 Å². The minimum Gasteiger partial charge on any atom is -0.0904 e. The molecule has 0 fully saturated rings. The minimum absolute atomic E-state index is 0.397. The second-order valence-electron chi connectivity index (χ2n) is 1.89. The lowest BCUT2D eigenvalue weighted by Gasteiger charge is -2.01. The van der Waals surface area contributed by atoms with Crippen molar-refractivity contribution in [2.75, 3.05) is 0 Å². The molecule has 0 nitrogen and oxygen atoms in total. The average molecular weight is 206 g/mol. The number of benzene rings is 1. The zero-order valence-corrected chi connectivity index (χ0v) is 7.76. The van der Waals surface area contributed by atoms with Gasteiger partial charge in [-0.3, -0.25) is 0 Å². The van der Waals surface area contributed by atoms with Gasteiger partial charge in [0.25, 0.3) is 0 Å². The maximum atomic E-state index is 5.78. The molecule has 11 heavy (non-hydrogen) atoms. The van der Waals surface area contributed by atoms with Crippen LogP contribution in [0.1, 0.15) is 5.56 Å². The molecule has 0 heterocycles. The number of hydrogen-bond donors (Lipinski definition) is 0. The maximum absolute atomic E-state index is 5.78. The van der Waals surface area contributed by atoms with Gasteiger partial charge in [0.05, 0.1) is 10.0 Å². The lowest BCUT2D eigenvalue weighted by Crippen LogP contribution is -1.79. The molecule has 0 atom stereocenters. The lowest BCUT2D eigenvalue weighted by atomic mass is 10.2. The van der Waals surface area contributed by atoms with Gasteiger partial charge in [-0.1, -0.05) is 41.4 Å². The van der Waals surface area contributed by atoms with Gasteiger partial charge in [0.15, 0.2) is 0 Å². The molecule has 0 aromatic heterocycles. The third-order valence-electron chi connectivity index (χ3n) is 1.22. The molecule has 0 aliphatic carbocycles. The second kappa shape index (κ2) is 3.48. The van der Waals surface area contributed by atoms with Gasteiger partial charge in [-0.15, -0.1) is 0 Å². The summed E-state index contributed by atoms with van der Waals surface area (Å²) in [6.45, 7) is 3.44. The predicted octanol–water partition coefficient (Wildman–Crippen LogP) is 3.98. The van der Waals surface area contributed by atoms with E-state index in [1.54, 1.807) is 12.1 Å². The normalized spacial score (nSPS) is 9.73. The van der Waals surface area contributed by atoms with E-state index in [2.05, 4.69) is 12.7 Å². The van der Waals surface area contributed by atoms with E-state index in [0.29, 0.717) is 20.6 Å². The predicted molar refractivity (Wildman–Crippen MR) is 49.4 cm³/mol. The molecule has 1 rings (SSSR count). The molecular weight excluding hydrogens is 202 g/mol. The van der Waals surface area contributed by atoms with Gasteiger partial charge in [0.1, 0.15) is 0 Å². The van der Waals surface area contributed by atoms with E-state index in [-0.39, 0.29) is 0 Å². The molecule has 0 N–H and O–H groups in total. The Labute approximate surface area is 80.4 Å². The number of hydrogen-bond acceptors (Lipinski definition) is 0. The summed E-state index contributed by atoms with van der Waals surface area (Å²) in [5.41, 5.74) is 0.556. The Kier molecular flexibility index (Phi) is 2.83. The Hall–Kier alpha value is -0.170. The standard InChI is InChI=1S/C8H4Cl3/c1-2-5-6(9)3-4-7(10)8(5)11/h3-4H,1H2. The number of rotatable bonds is 1. The van der Waals surface area contributed by atoms with Gasteiger partial charge >= 0.3 is 0 Å². The fraction of sp³-hybridized carbons (Fsp3) is 0. The molecular formula is C8H4Cl3. The molecule has 1 aromatic rings.